The Hall–Kier alpha value is -0.650. The van der Waals surface area contributed by atoms with Crippen LogP contribution >= 0.6 is 0 Å². The Bertz CT molecular complexity index is 269. The fourth-order valence-electron chi connectivity index (χ4n) is 2.56. The molecule has 0 radical (unpaired) electrons. The lowest BCUT2D eigenvalue weighted by atomic mass is 9.98. The summed E-state index contributed by atoms with van der Waals surface area (Å²) in [6.45, 7) is 7.84. The van der Waals surface area contributed by atoms with Gasteiger partial charge in [-0.15, -0.1) is 0 Å². The lowest BCUT2D eigenvalue weighted by Gasteiger charge is -2.37. The molecule has 2 rings (SSSR count). The van der Waals surface area contributed by atoms with Crippen LogP contribution in [-0.4, -0.2) is 67.2 Å². The molecule has 2 fully saturated rings. The number of rotatable bonds is 3. The molecule has 1 amide bonds. The van der Waals surface area contributed by atoms with Crippen molar-refractivity contribution in [2.45, 2.75) is 25.3 Å². The van der Waals surface area contributed by atoms with E-state index in [1.54, 1.807) is 0 Å². The van der Waals surface area contributed by atoms with Crippen molar-refractivity contribution in [1.82, 2.24) is 9.80 Å². The number of carbonyl (C=O) groups is 1. The van der Waals surface area contributed by atoms with Crippen LogP contribution in [0.15, 0.2) is 0 Å². The van der Waals surface area contributed by atoms with Gasteiger partial charge in [-0.3, -0.25) is 9.69 Å². The first-order valence-corrected chi connectivity index (χ1v) is 6.54. The molecule has 2 saturated heterocycles. The molecule has 5 heteroatoms. The maximum absolute atomic E-state index is 12.3. The average Bonchev–Trinajstić information content (AvgIpc) is 2.78. The number of amides is 1. The largest absolute Gasteiger partial charge is 0.379 e. The number of nitrogens with zero attached hydrogens (tertiary/aromatic N) is 2. The molecular formula is C12H23N3O2. The SMILES string of the molecule is CCCN1CCN(C(=O)C2(N)CCOC2)CC1. The van der Waals surface area contributed by atoms with Gasteiger partial charge < -0.3 is 15.4 Å². The number of nitrogens with two attached hydrogens (primary N) is 1. The molecule has 1 atom stereocenters. The number of hydrogen-bond donors (Lipinski definition) is 1. The topological polar surface area (TPSA) is 58.8 Å². The van der Waals surface area contributed by atoms with E-state index in [4.69, 9.17) is 10.5 Å². The van der Waals surface area contributed by atoms with Crippen LogP contribution in [0.3, 0.4) is 0 Å². The van der Waals surface area contributed by atoms with E-state index in [-0.39, 0.29) is 5.91 Å². The molecule has 0 bridgehead atoms. The minimum Gasteiger partial charge on any atom is -0.379 e. The summed E-state index contributed by atoms with van der Waals surface area (Å²) in [5, 5.41) is 0. The Balaban J connectivity index is 1.86. The molecule has 1 unspecified atom stereocenters. The monoisotopic (exact) mass is 241 g/mol. The van der Waals surface area contributed by atoms with Crippen molar-refractivity contribution in [2.75, 3.05) is 45.9 Å². The third-order valence-electron chi connectivity index (χ3n) is 3.68. The van der Waals surface area contributed by atoms with E-state index >= 15 is 0 Å². The molecule has 0 saturated carbocycles. The van der Waals surface area contributed by atoms with Gasteiger partial charge in [0.25, 0.3) is 0 Å². The quantitative estimate of drug-likeness (QED) is 0.734. The molecule has 0 aromatic rings. The summed E-state index contributed by atoms with van der Waals surface area (Å²) < 4.78 is 5.25. The van der Waals surface area contributed by atoms with Crippen LogP contribution in [0.2, 0.25) is 0 Å². The molecule has 0 aromatic heterocycles. The van der Waals surface area contributed by atoms with E-state index in [1.165, 1.54) is 6.42 Å². The second-order valence-corrected chi connectivity index (χ2v) is 5.09. The van der Waals surface area contributed by atoms with Gasteiger partial charge in [0.05, 0.1) is 6.61 Å². The summed E-state index contributed by atoms with van der Waals surface area (Å²) in [5.74, 6) is 0.0751. The van der Waals surface area contributed by atoms with Gasteiger partial charge in [-0.1, -0.05) is 6.92 Å². The van der Waals surface area contributed by atoms with Gasteiger partial charge in [0.1, 0.15) is 5.54 Å². The lowest BCUT2D eigenvalue weighted by Crippen LogP contribution is -2.60. The summed E-state index contributed by atoms with van der Waals surface area (Å²) in [6.07, 6.45) is 1.82. The molecule has 0 aromatic carbocycles. The zero-order chi connectivity index (χ0) is 12.3. The molecule has 0 aliphatic carbocycles. The fourth-order valence-corrected chi connectivity index (χ4v) is 2.56. The first kappa shape index (κ1) is 12.8. The van der Waals surface area contributed by atoms with E-state index < -0.39 is 5.54 Å². The van der Waals surface area contributed by atoms with Gasteiger partial charge in [0.15, 0.2) is 0 Å². The van der Waals surface area contributed by atoms with Gasteiger partial charge >= 0.3 is 0 Å². The van der Waals surface area contributed by atoms with Crippen molar-refractivity contribution < 1.29 is 9.53 Å². The Morgan fingerprint density at radius 3 is 2.59 bits per heavy atom. The smallest absolute Gasteiger partial charge is 0.245 e. The number of piperazine rings is 1. The molecule has 2 aliphatic rings. The van der Waals surface area contributed by atoms with Crippen LogP contribution in [0.25, 0.3) is 0 Å². The molecule has 2 heterocycles. The van der Waals surface area contributed by atoms with Crippen LogP contribution in [0, 0.1) is 0 Å². The minimum atomic E-state index is -0.757. The Kier molecular flexibility index (Phi) is 4.01. The molecule has 0 spiro atoms. The molecule has 98 valence electrons. The van der Waals surface area contributed by atoms with Crippen LogP contribution in [-0.2, 0) is 9.53 Å². The van der Waals surface area contributed by atoms with Crippen molar-refractivity contribution in [3.8, 4) is 0 Å². The van der Waals surface area contributed by atoms with E-state index in [9.17, 15) is 4.79 Å². The van der Waals surface area contributed by atoms with E-state index in [0.29, 0.717) is 19.6 Å². The van der Waals surface area contributed by atoms with Crippen LogP contribution in [0.1, 0.15) is 19.8 Å². The number of carbonyl (C=O) groups excluding carboxylic acids is 1. The van der Waals surface area contributed by atoms with Crippen LogP contribution in [0.4, 0.5) is 0 Å². The third-order valence-corrected chi connectivity index (χ3v) is 3.68. The van der Waals surface area contributed by atoms with E-state index in [1.807, 2.05) is 4.90 Å². The highest BCUT2D eigenvalue weighted by Gasteiger charge is 2.41. The van der Waals surface area contributed by atoms with E-state index in [2.05, 4.69) is 11.8 Å². The maximum Gasteiger partial charge on any atom is 0.245 e. The summed E-state index contributed by atoms with van der Waals surface area (Å²) >= 11 is 0. The lowest BCUT2D eigenvalue weighted by molar-refractivity contribution is -0.138. The maximum atomic E-state index is 12.3. The second kappa shape index (κ2) is 5.33. The third kappa shape index (κ3) is 2.78. The Morgan fingerprint density at radius 1 is 1.35 bits per heavy atom. The van der Waals surface area contributed by atoms with Crippen molar-refractivity contribution >= 4 is 5.91 Å². The van der Waals surface area contributed by atoms with Gasteiger partial charge in [-0.05, 0) is 19.4 Å². The highest BCUT2D eigenvalue weighted by atomic mass is 16.5. The highest BCUT2D eigenvalue weighted by Crippen LogP contribution is 2.19. The van der Waals surface area contributed by atoms with Crippen molar-refractivity contribution in [3.05, 3.63) is 0 Å². The molecule has 2 aliphatic heterocycles. The first-order chi connectivity index (χ1) is 8.15. The fraction of sp³-hybridized carbons (Fsp3) is 0.917. The van der Waals surface area contributed by atoms with Crippen LogP contribution < -0.4 is 5.73 Å². The summed E-state index contributed by atoms with van der Waals surface area (Å²) in [4.78, 5) is 16.6. The molecule has 2 N–H and O–H groups in total. The van der Waals surface area contributed by atoms with Gasteiger partial charge in [0, 0.05) is 32.8 Å². The zero-order valence-corrected chi connectivity index (χ0v) is 10.7. The molecular weight excluding hydrogens is 218 g/mol. The first-order valence-electron chi connectivity index (χ1n) is 6.54. The molecule has 17 heavy (non-hydrogen) atoms. The van der Waals surface area contributed by atoms with Crippen molar-refractivity contribution in [1.29, 1.82) is 0 Å². The van der Waals surface area contributed by atoms with Gasteiger partial charge in [-0.25, -0.2) is 0 Å². The second-order valence-electron chi connectivity index (χ2n) is 5.09. The standard InChI is InChI=1S/C12H23N3O2/c1-2-4-14-5-7-15(8-6-14)11(16)12(13)3-9-17-10-12/h2-10,13H2,1H3. The Labute approximate surface area is 103 Å². The summed E-state index contributed by atoms with van der Waals surface area (Å²) in [7, 11) is 0. The summed E-state index contributed by atoms with van der Waals surface area (Å²) in [6, 6.07) is 0. The van der Waals surface area contributed by atoms with E-state index in [0.717, 1.165) is 32.7 Å². The normalized spacial score (nSPS) is 30.8. The molecule has 5 nitrogen and oxygen atoms in total. The van der Waals surface area contributed by atoms with Crippen molar-refractivity contribution in [3.63, 3.8) is 0 Å². The predicted molar refractivity (Wildman–Crippen MR) is 65.7 cm³/mol. The highest BCUT2D eigenvalue weighted by molar-refractivity contribution is 5.86. The number of hydrogen-bond acceptors (Lipinski definition) is 4. The zero-order valence-electron chi connectivity index (χ0n) is 10.7. The predicted octanol–water partition coefficient (Wildman–Crippen LogP) is -0.342. The number of ether oxygens (including phenoxy) is 1. The summed E-state index contributed by atoms with van der Waals surface area (Å²) in [5.41, 5.74) is 5.34. The van der Waals surface area contributed by atoms with Gasteiger partial charge in [-0.2, -0.15) is 0 Å². The van der Waals surface area contributed by atoms with Gasteiger partial charge in [0.2, 0.25) is 5.91 Å². The van der Waals surface area contributed by atoms with Crippen LogP contribution in [0.5, 0.6) is 0 Å². The Morgan fingerprint density at radius 2 is 2.06 bits per heavy atom. The van der Waals surface area contributed by atoms with Crippen molar-refractivity contribution in [2.24, 2.45) is 5.73 Å². The minimum absolute atomic E-state index is 0.0751. The average molecular weight is 241 g/mol.